The van der Waals surface area contributed by atoms with Gasteiger partial charge in [0.15, 0.2) is 0 Å². The van der Waals surface area contributed by atoms with Gasteiger partial charge in [-0.3, -0.25) is 4.79 Å². The fourth-order valence-corrected chi connectivity index (χ4v) is 2.15. The third-order valence-electron chi connectivity index (χ3n) is 3.19. The third kappa shape index (κ3) is 4.06. The van der Waals surface area contributed by atoms with E-state index in [4.69, 9.17) is 4.74 Å². The number of ether oxygens (including phenoxy) is 1. The number of benzene rings is 1. The third-order valence-corrected chi connectivity index (χ3v) is 3.19. The molecular weight excluding hydrogens is 238 g/mol. The zero-order valence-corrected chi connectivity index (χ0v) is 12.8. The molecule has 1 aromatic rings. The van der Waals surface area contributed by atoms with Crippen LogP contribution in [-0.4, -0.2) is 19.1 Å². The summed E-state index contributed by atoms with van der Waals surface area (Å²) in [5.41, 5.74) is 0.429. The lowest BCUT2D eigenvalue weighted by Gasteiger charge is -2.33. The van der Waals surface area contributed by atoms with Crippen molar-refractivity contribution in [3.05, 3.63) is 35.9 Å². The van der Waals surface area contributed by atoms with Gasteiger partial charge in [0.2, 0.25) is 5.91 Å². The first-order chi connectivity index (χ1) is 8.68. The lowest BCUT2D eigenvalue weighted by atomic mass is 9.87. The van der Waals surface area contributed by atoms with E-state index in [2.05, 4.69) is 5.32 Å². The first kappa shape index (κ1) is 15.7. The minimum Gasteiger partial charge on any atom is -0.371 e. The van der Waals surface area contributed by atoms with E-state index in [-0.39, 0.29) is 11.3 Å². The van der Waals surface area contributed by atoms with Crippen molar-refractivity contribution in [1.82, 2.24) is 5.32 Å². The number of nitrogens with one attached hydrogen (secondary N) is 1. The van der Waals surface area contributed by atoms with Crippen LogP contribution in [0.2, 0.25) is 0 Å². The zero-order valence-electron chi connectivity index (χ0n) is 12.8. The summed E-state index contributed by atoms with van der Waals surface area (Å²) in [6, 6.07) is 9.94. The van der Waals surface area contributed by atoms with Crippen LogP contribution in [0.4, 0.5) is 0 Å². The molecule has 0 saturated carbocycles. The van der Waals surface area contributed by atoms with Crippen molar-refractivity contribution in [1.29, 1.82) is 0 Å². The Morgan fingerprint density at radius 1 is 1.11 bits per heavy atom. The quantitative estimate of drug-likeness (QED) is 0.906. The second kappa shape index (κ2) is 5.74. The Kier molecular flexibility index (Phi) is 4.75. The van der Waals surface area contributed by atoms with E-state index in [9.17, 15) is 4.79 Å². The van der Waals surface area contributed by atoms with Crippen molar-refractivity contribution in [2.24, 2.45) is 5.41 Å². The fourth-order valence-electron chi connectivity index (χ4n) is 2.15. The van der Waals surface area contributed by atoms with Crippen LogP contribution < -0.4 is 5.32 Å². The van der Waals surface area contributed by atoms with Gasteiger partial charge in [0.1, 0.15) is 6.10 Å². The second-order valence-corrected chi connectivity index (χ2v) is 6.46. The molecule has 1 unspecified atom stereocenters. The monoisotopic (exact) mass is 263 g/mol. The standard InChI is InChI=1S/C16H25NO2/c1-15(2,3)13(19-6)14(18)17-16(4,5)12-10-8-7-9-11-12/h7-11,13H,1-6H3,(H,17,18). The molecule has 0 bridgehead atoms. The highest BCUT2D eigenvalue weighted by Gasteiger charge is 2.34. The molecule has 106 valence electrons. The largest absolute Gasteiger partial charge is 0.371 e. The molecule has 1 atom stereocenters. The van der Waals surface area contributed by atoms with E-state index in [1.165, 1.54) is 0 Å². The molecule has 0 heterocycles. The maximum absolute atomic E-state index is 12.4. The molecule has 1 amide bonds. The number of carbonyl (C=O) groups excluding carboxylic acids is 1. The zero-order chi connectivity index (χ0) is 14.7. The number of hydrogen-bond donors (Lipinski definition) is 1. The summed E-state index contributed by atoms with van der Waals surface area (Å²) in [4.78, 5) is 12.4. The highest BCUT2D eigenvalue weighted by atomic mass is 16.5. The van der Waals surface area contributed by atoms with Crippen molar-refractivity contribution in [2.45, 2.75) is 46.3 Å². The van der Waals surface area contributed by atoms with Gasteiger partial charge in [-0.05, 0) is 24.8 Å². The average Bonchev–Trinajstić information content (AvgIpc) is 2.28. The number of amides is 1. The van der Waals surface area contributed by atoms with E-state index in [0.717, 1.165) is 5.56 Å². The summed E-state index contributed by atoms with van der Waals surface area (Å²) in [7, 11) is 1.57. The first-order valence-electron chi connectivity index (χ1n) is 6.59. The Hall–Kier alpha value is -1.35. The second-order valence-electron chi connectivity index (χ2n) is 6.46. The highest BCUT2D eigenvalue weighted by molar-refractivity contribution is 5.82. The Morgan fingerprint density at radius 2 is 1.63 bits per heavy atom. The van der Waals surface area contributed by atoms with Gasteiger partial charge < -0.3 is 10.1 Å². The molecule has 19 heavy (non-hydrogen) atoms. The van der Waals surface area contributed by atoms with Gasteiger partial charge in [-0.15, -0.1) is 0 Å². The maximum atomic E-state index is 12.4. The van der Waals surface area contributed by atoms with E-state index in [1.807, 2.05) is 65.0 Å². The summed E-state index contributed by atoms with van der Waals surface area (Å²) < 4.78 is 5.35. The fraction of sp³-hybridized carbons (Fsp3) is 0.562. The molecule has 1 N–H and O–H groups in total. The van der Waals surface area contributed by atoms with E-state index in [1.54, 1.807) is 7.11 Å². The number of rotatable bonds is 4. The van der Waals surface area contributed by atoms with Gasteiger partial charge in [0.25, 0.3) is 0 Å². The van der Waals surface area contributed by atoms with Gasteiger partial charge >= 0.3 is 0 Å². The molecule has 3 heteroatoms. The van der Waals surface area contributed by atoms with Crippen molar-refractivity contribution in [3.8, 4) is 0 Å². The first-order valence-corrected chi connectivity index (χ1v) is 6.59. The highest BCUT2D eigenvalue weighted by Crippen LogP contribution is 2.25. The average molecular weight is 263 g/mol. The minimum atomic E-state index is -0.463. The van der Waals surface area contributed by atoms with Crippen LogP contribution in [0.5, 0.6) is 0 Å². The van der Waals surface area contributed by atoms with Crippen molar-refractivity contribution in [2.75, 3.05) is 7.11 Å². The van der Waals surface area contributed by atoms with Crippen LogP contribution in [0, 0.1) is 5.41 Å². The van der Waals surface area contributed by atoms with Crippen LogP contribution in [0.3, 0.4) is 0 Å². The van der Waals surface area contributed by atoms with E-state index in [0.29, 0.717) is 0 Å². The van der Waals surface area contributed by atoms with Crippen molar-refractivity contribution in [3.63, 3.8) is 0 Å². The molecule has 0 aliphatic carbocycles. The van der Waals surface area contributed by atoms with Gasteiger partial charge in [-0.25, -0.2) is 0 Å². The molecule has 0 fully saturated rings. The molecule has 0 aromatic heterocycles. The summed E-state index contributed by atoms with van der Waals surface area (Å²) >= 11 is 0. The maximum Gasteiger partial charge on any atom is 0.250 e. The molecule has 0 aliphatic rings. The van der Waals surface area contributed by atoms with Crippen LogP contribution in [-0.2, 0) is 15.1 Å². The molecule has 3 nitrogen and oxygen atoms in total. The Balaban J connectivity index is 2.87. The molecular formula is C16H25NO2. The summed E-state index contributed by atoms with van der Waals surface area (Å²) in [5, 5.41) is 3.07. The SMILES string of the molecule is COC(C(=O)NC(C)(C)c1ccccc1)C(C)(C)C. The number of hydrogen-bond acceptors (Lipinski definition) is 2. The van der Waals surface area contributed by atoms with Gasteiger partial charge in [0.05, 0.1) is 5.54 Å². The predicted octanol–water partition coefficient (Wildman–Crippen LogP) is 3.10. The van der Waals surface area contributed by atoms with Crippen LogP contribution in [0.15, 0.2) is 30.3 Å². The Labute approximate surface area is 116 Å². The molecule has 0 aliphatic heterocycles. The van der Waals surface area contributed by atoms with Crippen LogP contribution in [0.1, 0.15) is 40.2 Å². The minimum absolute atomic E-state index is 0.0798. The van der Waals surface area contributed by atoms with E-state index < -0.39 is 11.6 Å². The molecule has 1 aromatic carbocycles. The van der Waals surface area contributed by atoms with Gasteiger partial charge in [-0.1, -0.05) is 51.1 Å². The molecule has 0 saturated heterocycles. The Morgan fingerprint density at radius 3 is 2.05 bits per heavy atom. The normalized spacial score (nSPS) is 14.0. The predicted molar refractivity (Wildman–Crippen MR) is 77.9 cm³/mol. The van der Waals surface area contributed by atoms with Crippen molar-refractivity contribution < 1.29 is 9.53 Å². The van der Waals surface area contributed by atoms with Gasteiger partial charge in [0, 0.05) is 7.11 Å². The van der Waals surface area contributed by atoms with E-state index >= 15 is 0 Å². The van der Waals surface area contributed by atoms with Crippen molar-refractivity contribution >= 4 is 5.91 Å². The number of carbonyl (C=O) groups is 1. The lowest BCUT2D eigenvalue weighted by Crippen LogP contribution is -2.50. The van der Waals surface area contributed by atoms with Crippen LogP contribution >= 0.6 is 0 Å². The summed E-state index contributed by atoms with van der Waals surface area (Å²) in [5.74, 6) is -0.0798. The molecule has 1 rings (SSSR count). The number of methoxy groups -OCH3 is 1. The molecule has 0 radical (unpaired) electrons. The summed E-state index contributed by atoms with van der Waals surface area (Å²) in [6.07, 6.45) is -0.463. The molecule has 0 spiro atoms. The summed E-state index contributed by atoms with van der Waals surface area (Å²) in [6.45, 7) is 9.98. The Bertz CT molecular complexity index is 418. The van der Waals surface area contributed by atoms with Crippen LogP contribution in [0.25, 0.3) is 0 Å². The topological polar surface area (TPSA) is 38.3 Å². The van der Waals surface area contributed by atoms with Gasteiger partial charge in [-0.2, -0.15) is 0 Å². The lowest BCUT2D eigenvalue weighted by molar-refractivity contribution is -0.139. The smallest absolute Gasteiger partial charge is 0.250 e.